The molecule has 2 rings (SSSR count). The predicted octanol–water partition coefficient (Wildman–Crippen LogP) is 3.21. The van der Waals surface area contributed by atoms with E-state index in [-0.39, 0.29) is 17.9 Å². The maximum absolute atomic E-state index is 12.8. The summed E-state index contributed by atoms with van der Waals surface area (Å²) < 4.78 is 19.2. The van der Waals surface area contributed by atoms with E-state index in [1.54, 1.807) is 0 Å². The number of ether oxygens (including phenoxy) is 1. The van der Waals surface area contributed by atoms with Crippen molar-refractivity contribution in [2.45, 2.75) is 12.8 Å². The number of carbonyl (C=O) groups is 2. The molecule has 0 unspecified atom stereocenters. The Morgan fingerprint density at radius 1 is 1.00 bits per heavy atom. The molecule has 0 heterocycles. The van der Waals surface area contributed by atoms with Crippen molar-refractivity contribution in [3.8, 4) is 5.75 Å². The first kappa shape index (κ1) is 17.9. The Morgan fingerprint density at radius 3 is 2.33 bits per heavy atom. The van der Waals surface area contributed by atoms with Gasteiger partial charge >= 0.3 is 0 Å². The van der Waals surface area contributed by atoms with Crippen molar-refractivity contribution in [3.05, 3.63) is 64.4 Å². The van der Waals surface area contributed by atoms with E-state index in [0.717, 1.165) is 10.2 Å². The minimum atomic E-state index is -0.505. The molecule has 0 saturated carbocycles. The number of amides is 2. The van der Waals surface area contributed by atoms with Crippen molar-refractivity contribution in [2.24, 2.45) is 0 Å². The van der Waals surface area contributed by atoms with Gasteiger partial charge in [0.05, 0.1) is 6.61 Å². The fourth-order valence-electron chi connectivity index (χ4n) is 1.82. The number of halogens is 2. The highest BCUT2D eigenvalue weighted by Gasteiger charge is 2.07. The van der Waals surface area contributed by atoms with Gasteiger partial charge < -0.3 is 4.74 Å². The molecular weight excluding hydrogens is 379 g/mol. The third-order valence-electron chi connectivity index (χ3n) is 3.05. The number of rotatable bonds is 6. The Labute approximate surface area is 147 Å². The van der Waals surface area contributed by atoms with Gasteiger partial charge in [0.25, 0.3) is 5.91 Å². The van der Waals surface area contributed by atoms with Crippen LogP contribution in [0.3, 0.4) is 0 Å². The van der Waals surface area contributed by atoms with Crippen LogP contribution in [-0.4, -0.2) is 18.4 Å². The van der Waals surface area contributed by atoms with Crippen LogP contribution in [0.25, 0.3) is 0 Å². The van der Waals surface area contributed by atoms with Crippen LogP contribution in [0.15, 0.2) is 53.0 Å². The highest BCUT2D eigenvalue weighted by atomic mass is 79.9. The zero-order valence-electron chi connectivity index (χ0n) is 12.7. The normalized spacial score (nSPS) is 10.1. The molecule has 0 bridgehead atoms. The standard InChI is InChI=1S/C17H16BrFN2O3/c18-13-5-9-15(10-6-13)24-11-1-2-16(22)20-21-17(23)12-3-7-14(19)8-4-12/h3-10H,1-2,11H2,(H,20,22)(H,21,23). The summed E-state index contributed by atoms with van der Waals surface area (Å²) >= 11 is 3.33. The average Bonchev–Trinajstić information content (AvgIpc) is 2.59. The van der Waals surface area contributed by atoms with Gasteiger partial charge in [-0.1, -0.05) is 15.9 Å². The van der Waals surface area contributed by atoms with Crippen LogP contribution in [-0.2, 0) is 4.79 Å². The molecule has 0 aromatic heterocycles. The highest BCUT2D eigenvalue weighted by molar-refractivity contribution is 9.10. The summed E-state index contributed by atoms with van der Waals surface area (Å²) in [6.07, 6.45) is 0.717. The lowest BCUT2D eigenvalue weighted by Crippen LogP contribution is -2.41. The van der Waals surface area contributed by atoms with E-state index in [1.165, 1.54) is 24.3 Å². The highest BCUT2D eigenvalue weighted by Crippen LogP contribution is 2.16. The maximum Gasteiger partial charge on any atom is 0.269 e. The van der Waals surface area contributed by atoms with Gasteiger partial charge in [0.2, 0.25) is 5.91 Å². The third-order valence-corrected chi connectivity index (χ3v) is 3.58. The van der Waals surface area contributed by atoms with Gasteiger partial charge in [-0.25, -0.2) is 4.39 Å². The van der Waals surface area contributed by atoms with Gasteiger partial charge in [0, 0.05) is 16.5 Å². The zero-order chi connectivity index (χ0) is 17.4. The van der Waals surface area contributed by atoms with Gasteiger partial charge in [-0.2, -0.15) is 0 Å². The first-order chi connectivity index (χ1) is 11.5. The number of nitrogens with one attached hydrogen (secondary N) is 2. The zero-order valence-corrected chi connectivity index (χ0v) is 14.3. The molecule has 2 N–H and O–H groups in total. The summed E-state index contributed by atoms with van der Waals surface area (Å²) in [4.78, 5) is 23.4. The summed E-state index contributed by atoms with van der Waals surface area (Å²) in [5.74, 6) is -0.538. The number of carbonyl (C=O) groups excluding carboxylic acids is 2. The van der Waals surface area contributed by atoms with Crippen molar-refractivity contribution in [3.63, 3.8) is 0 Å². The Balaban J connectivity index is 1.63. The second-order valence-corrected chi connectivity index (χ2v) is 5.83. The SMILES string of the molecule is O=C(CCCOc1ccc(Br)cc1)NNC(=O)c1ccc(F)cc1. The first-order valence-electron chi connectivity index (χ1n) is 7.28. The molecule has 7 heteroatoms. The average molecular weight is 395 g/mol. The van der Waals surface area contributed by atoms with Crippen molar-refractivity contribution in [1.82, 2.24) is 10.9 Å². The lowest BCUT2D eigenvalue weighted by atomic mass is 10.2. The van der Waals surface area contributed by atoms with Crippen LogP contribution in [0.4, 0.5) is 4.39 Å². The van der Waals surface area contributed by atoms with Gasteiger partial charge in [-0.3, -0.25) is 20.4 Å². The molecule has 126 valence electrons. The van der Waals surface area contributed by atoms with Crippen LogP contribution in [0, 0.1) is 5.82 Å². The van der Waals surface area contributed by atoms with E-state index in [9.17, 15) is 14.0 Å². The summed E-state index contributed by atoms with van der Waals surface area (Å²) in [5.41, 5.74) is 4.84. The van der Waals surface area contributed by atoms with Crippen molar-refractivity contribution < 1.29 is 18.7 Å². The van der Waals surface area contributed by atoms with E-state index in [4.69, 9.17) is 4.74 Å². The molecule has 2 aromatic rings. The fourth-order valence-corrected chi connectivity index (χ4v) is 2.08. The quantitative estimate of drug-likeness (QED) is 0.583. The summed E-state index contributed by atoms with van der Waals surface area (Å²) in [6, 6.07) is 12.4. The molecule has 5 nitrogen and oxygen atoms in total. The predicted molar refractivity (Wildman–Crippen MR) is 90.9 cm³/mol. The number of hydrazine groups is 1. The number of hydrogen-bond acceptors (Lipinski definition) is 3. The van der Waals surface area contributed by atoms with Crippen LogP contribution in [0.2, 0.25) is 0 Å². The van der Waals surface area contributed by atoms with E-state index in [1.807, 2.05) is 24.3 Å². The molecule has 2 aromatic carbocycles. The Kier molecular flexibility index (Phi) is 6.74. The van der Waals surface area contributed by atoms with Crippen LogP contribution in [0.5, 0.6) is 5.75 Å². The van der Waals surface area contributed by atoms with Crippen LogP contribution < -0.4 is 15.6 Å². The van der Waals surface area contributed by atoms with Gasteiger partial charge in [0.1, 0.15) is 11.6 Å². The largest absolute Gasteiger partial charge is 0.494 e. The molecule has 0 aliphatic carbocycles. The molecule has 0 aliphatic heterocycles. The van der Waals surface area contributed by atoms with Crippen LogP contribution >= 0.6 is 15.9 Å². The summed E-state index contributed by atoms with van der Waals surface area (Å²) in [5, 5.41) is 0. The molecule has 0 aliphatic rings. The minimum absolute atomic E-state index is 0.209. The topological polar surface area (TPSA) is 67.4 Å². The monoisotopic (exact) mass is 394 g/mol. The van der Waals surface area contributed by atoms with Crippen molar-refractivity contribution in [2.75, 3.05) is 6.61 Å². The Morgan fingerprint density at radius 2 is 1.67 bits per heavy atom. The van der Waals surface area contributed by atoms with Gasteiger partial charge in [0.15, 0.2) is 0 Å². The van der Waals surface area contributed by atoms with E-state index in [0.29, 0.717) is 13.0 Å². The minimum Gasteiger partial charge on any atom is -0.494 e. The molecule has 24 heavy (non-hydrogen) atoms. The summed E-state index contributed by atoms with van der Waals surface area (Å²) in [7, 11) is 0. The molecule has 0 spiro atoms. The Bertz CT molecular complexity index is 690. The van der Waals surface area contributed by atoms with E-state index in [2.05, 4.69) is 26.8 Å². The van der Waals surface area contributed by atoms with Crippen molar-refractivity contribution in [1.29, 1.82) is 0 Å². The first-order valence-corrected chi connectivity index (χ1v) is 8.07. The molecule has 0 atom stereocenters. The number of benzene rings is 2. The molecule has 0 saturated heterocycles. The molecule has 0 radical (unpaired) electrons. The summed E-state index contributed by atoms with van der Waals surface area (Å²) in [6.45, 7) is 0.390. The maximum atomic E-state index is 12.8. The molecular formula is C17H16BrFN2O3. The lowest BCUT2D eigenvalue weighted by molar-refractivity contribution is -0.122. The van der Waals surface area contributed by atoms with E-state index >= 15 is 0 Å². The lowest BCUT2D eigenvalue weighted by Gasteiger charge is -2.08. The van der Waals surface area contributed by atoms with E-state index < -0.39 is 11.7 Å². The molecule has 2 amide bonds. The number of hydrogen-bond donors (Lipinski definition) is 2. The van der Waals surface area contributed by atoms with Gasteiger partial charge in [-0.15, -0.1) is 0 Å². The second-order valence-electron chi connectivity index (χ2n) is 4.92. The third kappa shape index (κ3) is 6.00. The van der Waals surface area contributed by atoms with Gasteiger partial charge in [-0.05, 0) is 55.0 Å². The van der Waals surface area contributed by atoms with Crippen molar-refractivity contribution >= 4 is 27.7 Å². The smallest absolute Gasteiger partial charge is 0.269 e. The second kappa shape index (κ2) is 9.02. The van der Waals surface area contributed by atoms with Crippen LogP contribution in [0.1, 0.15) is 23.2 Å². The Hall–Kier alpha value is -2.41. The fraction of sp³-hybridized carbons (Fsp3) is 0.176. The molecule has 0 fully saturated rings.